The Morgan fingerprint density at radius 3 is 2.31 bits per heavy atom. The largest absolute Gasteiger partial charge is 0.370 e. The number of hydrogen-bond acceptors (Lipinski definition) is 4. The molecule has 16 heavy (non-hydrogen) atoms. The van der Waals surface area contributed by atoms with E-state index < -0.39 is 0 Å². The summed E-state index contributed by atoms with van der Waals surface area (Å²) < 4.78 is 0. The molecule has 1 rings (SSSR count). The molecule has 0 aliphatic carbocycles. The summed E-state index contributed by atoms with van der Waals surface area (Å²) in [5.41, 5.74) is 0. The fourth-order valence-electron chi connectivity index (χ4n) is 1.29. The minimum atomic E-state index is 0.914. The van der Waals surface area contributed by atoms with Crippen molar-refractivity contribution in [3.8, 4) is 0 Å². The predicted molar refractivity (Wildman–Crippen MR) is 70.1 cm³/mol. The van der Waals surface area contributed by atoms with Crippen LogP contribution in [-0.2, 0) is 0 Å². The van der Waals surface area contributed by atoms with Crippen molar-refractivity contribution in [3.63, 3.8) is 0 Å². The van der Waals surface area contributed by atoms with Crippen molar-refractivity contribution in [1.29, 1.82) is 0 Å². The highest BCUT2D eigenvalue weighted by atomic mass is 15.1. The van der Waals surface area contributed by atoms with Crippen molar-refractivity contribution in [3.05, 3.63) is 18.2 Å². The molecular formula is C12H22N4. The number of rotatable bonds is 7. The summed E-state index contributed by atoms with van der Waals surface area (Å²) in [6, 6.07) is 6.00. The van der Waals surface area contributed by atoms with Crippen LogP contribution < -0.4 is 10.6 Å². The molecule has 1 aromatic heterocycles. The van der Waals surface area contributed by atoms with Gasteiger partial charge in [0.05, 0.1) is 0 Å². The molecule has 0 saturated heterocycles. The maximum atomic E-state index is 4.47. The van der Waals surface area contributed by atoms with Crippen LogP contribution in [0, 0.1) is 0 Å². The van der Waals surface area contributed by atoms with E-state index >= 15 is 0 Å². The summed E-state index contributed by atoms with van der Waals surface area (Å²) in [7, 11) is 4.13. The third-order valence-electron chi connectivity index (χ3n) is 2.17. The number of aromatic nitrogens is 1. The first-order valence-electron chi connectivity index (χ1n) is 5.82. The Balaban J connectivity index is 2.40. The third-order valence-corrected chi connectivity index (χ3v) is 2.17. The first kappa shape index (κ1) is 12.8. The van der Waals surface area contributed by atoms with Crippen molar-refractivity contribution in [2.45, 2.75) is 13.3 Å². The normalized spacial score (nSPS) is 10.5. The van der Waals surface area contributed by atoms with Gasteiger partial charge in [0.1, 0.15) is 11.6 Å². The topological polar surface area (TPSA) is 40.2 Å². The average Bonchev–Trinajstić information content (AvgIpc) is 2.26. The fourth-order valence-corrected chi connectivity index (χ4v) is 1.29. The van der Waals surface area contributed by atoms with Crippen molar-refractivity contribution in [2.75, 3.05) is 44.4 Å². The zero-order valence-electron chi connectivity index (χ0n) is 10.5. The van der Waals surface area contributed by atoms with E-state index in [4.69, 9.17) is 0 Å². The maximum Gasteiger partial charge on any atom is 0.128 e. The van der Waals surface area contributed by atoms with E-state index in [0.717, 1.165) is 37.7 Å². The third kappa shape index (κ3) is 4.98. The monoisotopic (exact) mass is 222 g/mol. The zero-order chi connectivity index (χ0) is 11.8. The molecule has 0 fully saturated rings. The van der Waals surface area contributed by atoms with Crippen LogP contribution in [0.4, 0.5) is 11.6 Å². The fraction of sp³-hybridized carbons (Fsp3) is 0.583. The lowest BCUT2D eigenvalue weighted by molar-refractivity contribution is 0.425. The highest BCUT2D eigenvalue weighted by Crippen LogP contribution is 2.08. The van der Waals surface area contributed by atoms with Gasteiger partial charge in [-0.3, -0.25) is 0 Å². The highest BCUT2D eigenvalue weighted by Gasteiger charge is 1.96. The van der Waals surface area contributed by atoms with E-state index in [0.29, 0.717) is 0 Å². The molecule has 0 bridgehead atoms. The lowest BCUT2D eigenvalue weighted by Crippen LogP contribution is -2.21. The molecule has 0 aliphatic heterocycles. The minimum absolute atomic E-state index is 0.914. The number of hydrogen-bond donors (Lipinski definition) is 2. The molecule has 4 nitrogen and oxygen atoms in total. The molecule has 0 amide bonds. The molecule has 0 unspecified atom stereocenters. The van der Waals surface area contributed by atoms with Crippen LogP contribution in [-0.4, -0.2) is 43.6 Å². The SMILES string of the molecule is CCCNc1cccc(NCCN(C)C)n1. The van der Waals surface area contributed by atoms with Crippen LogP contribution in [0.5, 0.6) is 0 Å². The molecule has 1 aromatic rings. The first-order valence-corrected chi connectivity index (χ1v) is 5.82. The summed E-state index contributed by atoms with van der Waals surface area (Å²) in [6.07, 6.45) is 1.11. The molecule has 0 radical (unpaired) electrons. The molecule has 2 N–H and O–H groups in total. The van der Waals surface area contributed by atoms with Gasteiger partial charge in [-0.25, -0.2) is 4.98 Å². The van der Waals surface area contributed by atoms with E-state index in [1.807, 2.05) is 18.2 Å². The zero-order valence-corrected chi connectivity index (χ0v) is 10.5. The maximum absolute atomic E-state index is 4.47. The second-order valence-corrected chi connectivity index (χ2v) is 4.06. The van der Waals surface area contributed by atoms with Crippen LogP contribution in [0.1, 0.15) is 13.3 Å². The van der Waals surface area contributed by atoms with Gasteiger partial charge in [-0.05, 0) is 32.6 Å². The Labute approximate surface area is 98.1 Å². The van der Waals surface area contributed by atoms with Gasteiger partial charge in [0.15, 0.2) is 0 Å². The van der Waals surface area contributed by atoms with Crippen molar-refractivity contribution in [2.24, 2.45) is 0 Å². The van der Waals surface area contributed by atoms with Crippen LogP contribution >= 0.6 is 0 Å². The van der Waals surface area contributed by atoms with E-state index in [2.05, 4.69) is 41.5 Å². The molecule has 0 aromatic carbocycles. The quantitative estimate of drug-likeness (QED) is 0.739. The summed E-state index contributed by atoms with van der Waals surface area (Å²) in [5.74, 6) is 1.87. The van der Waals surface area contributed by atoms with Gasteiger partial charge in [-0.15, -0.1) is 0 Å². The van der Waals surface area contributed by atoms with E-state index in [-0.39, 0.29) is 0 Å². The number of nitrogens with zero attached hydrogens (tertiary/aromatic N) is 2. The molecule has 0 aliphatic rings. The van der Waals surface area contributed by atoms with E-state index in [9.17, 15) is 0 Å². The Kier molecular flexibility index (Phi) is 5.64. The Morgan fingerprint density at radius 1 is 1.12 bits per heavy atom. The summed E-state index contributed by atoms with van der Waals surface area (Å²) in [6.45, 7) is 5.03. The lowest BCUT2D eigenvalue weighted by atomic mass is 10.4. The number of nitrogens with one attached hydrogen (secondary N) is 2. The van der Waals surface area contributed by atoms with Crippen LogP contribution in [0.15, 0.2) is 18.2 Å². The molecule has 0 spiro atoms. The van der Waals surface area contributed by atoms with Gasteiger partial charge in [0.2, 0.25) is 0 Å². The number of pyridine rings is 1. The Morgan fingerprint density at radius 2 is 1.75 bits per heavy atom. The molecule has 4 heteroatoms. The molecule has 90 valence electrons. The van der Waals surface area contributed by atoms with Crippen LogP contribution in [0.3, 0.4) is 0 Å². The minimum Gasteiger partial charge on any atom is -0.370 e. The summed E-state index contributed by atoms with van der Waals surface area (Å²) in [5, 5.41) is 6.57. The molecule has 1 heterocycles. The average molecular weight is 222 g/mol. The van der Waals surface area contributed by atoms with Crippen LogP contribution in [0.25, 0.3) is 0 Å². The summed E-state index contributed by atoms with van der Waals surface area (Å²) >= 11 is 0. The molecule has 0 saturated carbocycles. The number of anilines is 2. The van der Waals surface area contributed by atoms with Gasteiger partial charge >= 0.3 is 0 Å². The van der Waals surface area contributed by atoms with Gasteiger partial charge < -0.3 is 15.5 Å². The van der Waals surface area contributed by atoms with Crippen molar-refractivity contribution >= 4 is 11.6 Å². The first-order chi connectivity index (χ1) is 7.72. The second-order valence-electron chi connectivity index (χ2n) is 4.06. The second kappa shape index (κ2) is 7.06. The highest BCUT2D eigenvalue weighted by molar-refractivity contribution is 5.44. The van der Waals surface area contributed by atoms with Crippen molar-refractivity contribution < 1.29 is 0 Å². The van der Waals surface area contributed by atoms with Gasteiger partial charge in [0.25, 0.3) is 0 Å². The molecule has 0 atom stereocenters. The van der Waals surface area contributed by atoms with Gasteiger partial charge in [-0.2, -0.15) is 0 Å². The standard InChI is InChI=1S/C12H22N4/c1-4-8-13-11-6-5-7-12(15-11)14-9-10-16(2)3/h5-7H,4,8-10H2,1-3H3,(H2,13,14,15). The Bertz CT molecular complexity index is 299. The van der Waals surface area contributed by atoms with E-state index in [1.54, 1.807) is 0 Å². The number of likely N-dealkylation sites (N-methyl/N-ethyl adjacent to an activating group) is 1. The van der Waals surface area contributed by atoms with Gasteiger partial charge in [-0.1, -0.05) is 13.0 Å². The smallest absolute Gasteiger partial charge is 0.128 e. The van der Waals surface area contributed by atoms with E-state index in [1.165, 1.54) is 0 Å². The lowest BCUT2D eigenvalue weighted by Gasteiger charge is -2.11. The van der Waals surface area contributed by atoms with Crippen LogP contribution in [0.2, 0.25) is 0 Å². The molecular weight excluding hydrogens is 200 g/mol. The Hall–Kier alpha value is -1.29. The predicted octanol–water partition coefficient (Wildman–Crippen LogP) is 1.88. The van der Waals surface area contributed by atoms with Gasteiger partial charge in [0, 0.05) is 19.6 Å². The van der Waals surface area contributed by atoms with Crippen molar-refractivity contribution in [1.82, 2.24) is 9.88 Å². The summed E-state index contributed by atoms with van der Waals surface area (Å²) in [4.78, 5) is 6.61.